The van der Waals surface area contributed by atoms with E-state index in [-0.39, 0.29) is 5.82 Å². The van der Waals surface area contributed by atoms with E-state index < -0.39 is 0 Å². The minimum absolute atomic E-state index is 0.203. The topological polar surface area (TPSA) is 15.3 Å². The van der Waals surface area contributed by atoms with E-state index >= 15 is 0 Å². The van der Waals surface area contributed by atoms with Crippen molar-refractivity contribution in [3.63, 3.8) is 0 Å². The first-order chi connectivity index (χ1) is 10.1. The van der Waals surface area contributed by atoms with Crippen molar-refractivity contribution < 1.29 is 4.39 Å². The maximum atomic E-state index is 13.0. The average molecular weight is 284 g/mol. The molecule has 2 nitrogen and oxygen atoms in total. The van der Waals surface area contributed by atoms with Gasteiger partial charge in [0, 0.05) is 31.0 Å². The molecule has 2 aromatic carbocycles. The number of aryl methyl sites for hydroxylation is 1. The standard InChI is InChI=1S/C18H21FN2/c1-13-11-14(12-20-16-6-7-16)3-10-18(13)21(2)17-8-4-15(19)5-9-17/h3-5,8-11,16,20H,6-7,12H2,1-2H3. The Bertz CT molecular complexity index is 618. The zero-order valence-electron chi connectivity index (χ0n) is 12.6. The predicted octanol–water partition coefficient (Wildman–Crippen LogP) is 4.15. The van der Waals surface area contributed by atoms with Crippen LogP contribution in [0.5, 0.6) is 0 Å². The minimum Gasteiger partial charge on any atom is -0.344 e. The van der Waals surface area contributed by atoms with Crippen LogP contribution in [0, 0.1) is 12.7 Å². The van der Waals surface area contributed by atoms with E-state index in [9.17, 15) is 4.39 Å². The molecule has 0 spiro atoms. The van der Waals surface area contributed by atoms with Crippen LogP contribution in [0.25, 0.3) is 0 Å². The van der Waals surface area contributed by atoms with Crippen LogP contribution in [0.4, 0.5) is 15.8 Å². The Balaban J connectivity index is 1.75. The summed E-state index contributed by atoms with van der Waals surface area (Å²) < 4.78 is 13.0. The average Bonchev–Trinajstić information content (AvgIpc) is 3.29. The van der Waals surface area contributed by atoms with Crippen molar-refractivity contribution >= 4 is 11.4 Å². The van der Waals surface area contributed by atoms with Crippen LogP contribution < -0.4 is 10.2 Å². The number of hydrogen-bond acceptors (Lipinski definition) is 2. The van der Waals surface area contributed by atoms with Gasteiger partial charge in [-0.25, -0.2) is 4.39 Å². The Hall–Kier alpha value is -1.87. The van der Waals surface area contributed by atoms with Crippen LogP contribution >= 0.6 is 0 Å². The molecule has 0 bridgehead atoms. The normalized spacial score (nSPS) is 14.2. The number of halogens is 1. The van der Waals surface area contributed by atoms with Crippen molar-refractivity contribution in [2.75, 3.05) is 11.9 Å². The van der Waals surface area contributed by atoms with E-state index in [1.54, 1.807) is 12.1 Å². The Morgan fingerprint density at radius 1 is 1.14 bits per heavy atom. The summed E-state index contributed by atoms with van der Waals surface area (Å²) >= 11 is 0. The van der Waals surface area contributed by atoms with Crippen LogP contribution in [0.15, 0.2) is 42.5 Å². The lowest BCUT2D eigenvalue weighted by Crippen LogP contribution is -2.16. The highest BCUT2D eigenvalue weighted by molar-refractivity contribution is 5.65. The van der Waals surface area contributed by atoms with E-state index in [0.717, 1.165) is 24.0 Å². The van der Waals surface area contributed by atoms with Gasteiger partial charge in [-0.05, 0) is 61.2 Å². The van der Waals surface area contributed by atoms with Crippen LogP contribution in [-0.4, -0.2) is 13.1 Å². The molecule has 21 heavy (non-hydrogen) atoms. The quantitative estimate of drug-likeness (QED) is 0.887. The number of nitrogens with one attached hydrogen (secondary N) is 1. The molecule has 0 aliphatic heterocycles. The summed E-state index contributed by atoms with van der Waals surface area (Å²) in [6.45, 7) is 3.06. The first-order valence-corrected chi connectivity index (χ1v) is 7.46. The highest BCUT2D eigenvalue weighted by Gasteiger charge is 2.20. The highest BCUT2D eigenvalue weighted by atomic mass is 19.1. The van der Waals surface area contributed by atoms with E-state index in [1.807, 2.05) is 7.05 Å². The molecule has 1 aliphatic rings. The van der Waals surface area contributed by atoms with Crippen molar-refractivity contribution in [2.45, 2.75) is 32.4 Å². The van der Waals surface area contributed by atoms with Crippen LogP contribution in [0.2, 0.25) is 0 Å². The van der Waals surface area contributed by atoms with Gasteiger partial charge >= 0.3 is 0 Å². The van der Waals surface area contributed by atoms with Crippen molar-refractivity contribution in [3.05, 3.63) is 59.4 Å². The molecule has 0 heterocycles. The predicted molar refractivity (Wildman–Crippen MR) is 85.5 cm³/mol. The molecule has 1 aliphatic carbocycles. The molecule has 0 unspecified atom stereocenters. The third-order valence-electron chi connectivity index (χ3n) is 4.01. The molecule has 3 heteroatoms. The number of anilines is 2. The van der Waals surface area contributed by atoms with Crippen LogP contribution in [-0.2, 0) is 6.54 Å². The summed E-state index contributed by atoms with van der Waals surface area (Å²) in [5.41, 5.74) is 4.69. The van der Waals surface area contributed by atoms with Crippen LogP contribution in [0.3, 0.4) is 0 Å². The molecule has 1 fully saturated rings. The first-order valence-electron chi connectivity index (χ1n) is 7.46. The molecule has 0 amide bonds. The Morgan fingerprint density at radius 3 is 2.48 bits per heavy atom. The molecule has 1 N–H and O–H groups in total. The van der Waals surface area contributed by atoms with E-state index in [2.05, 4.69) is 35.3 Å². The van der Waals surface area contributed by atoms with Gasteiger partial charge in [-0.3, -0.25) is 0 Å². The van der Waals surface area contributed by atoms with E-state index in [0.29, 0.717) is 0 Å². The van der Waals surface area contributed by atoms with Gasteiger partial charge in [0.05, 0.1) is 0 Å². The molecule has 110 valence electrons. The summed E-state index contributed by atoms with van der Waals surface area (Å²) in [6.07, 6.45) is 2.62. The molecule has 0 atom stereocenters. The van der Waals surface area contributed by atoms with Crippen molar-refractivity contribution in [1.29, 1.82) is 0 Å². The molecule has 0 aromatic heterocycles. The van der Waals surface area contributed by atoms with Crippen molar-refractivity contribution in [3.8, 4) is 0 Å². The zero-order chi connectivity index (χ0) is 14.8. The van der Waals surface area contributed by atoms with E-state index in [4.69, 9.17) is 0 Å². The monoisotopic (exact) mass is 284 g/mol. The highest BCUT2D eigenvalue weighted by Crippen LogP contribution is 2.28. The van der Waals surface area contributed by atoms with Gasteiger partial charge < -0.3 is 10.2 Å². The molecule has 0 saturated heterocycles. The zero-order valence-corrected chi connectivity index (χ0v) is 12.6. The maximum Gasteiger partial charge on any atom is 0.123 e. The van der Waals surface area contributed by atoms with Gasteiger partial charge in [0.2, 0.25) is 0 Å². The summed E-state index contributed by atoms with van der Waals surface area (Å²) in [5.74, 6) is -0.203. The Labute approximate surface area is 125 Å². The molecule has 1 saturated carbocycles. The van der Waals surface area contributed by atoms with Gasteiger partial charge in [0.15, 0.2) is 0 Å². The van der Waals surface area contributed by atoms with Gasteiger partial charge in [0.1, 0.15) is 5.82 Å². The number of hydrogen-bond donors (Lipinski definition) is 1. The van der Waals surface area contributed by atoms with Gasteiger partial charge in [-0.15, -0.1) is 0 Å². The van der Waals surface area contributed by atoms with Crippen molar-refractivity contribution in [1.82, 2.24) is 5.32 Å². The van der Waals surface area contributed by atoms with Crippen LogP contribution in [0.1, 0.15) is 24.0 Å². The minimum atomic E-state index is -0.203. The molecular formula is C18H21FN2. The number of benzene rings is 2. The fourth-order valence-electron chi connectivity index (χ4n) is 2.56. The Morgan fingerprint density at radius 2 is 1.86 bits per heavy atom. The van der Waals surface area contributed by atoms with Gasteiger partial charge in [-0.1, -0.05) is 12.1 Å². The first kappa shape index (κ1) is 14.1. The molecule has 2 aromatic rings. The lowest BCUT2D eigenvalue weighted by molar-refractivity contribution is 0.628. The fraction of sp³-hybridized carbons (Fsp3) is 0.333. The third-order valence-corrected chi connectivity index (χ3v) is 4.01. The van der Waals surface area contributed by atoms with Gasteiger partial charge in [0.25, 0.3) is 0 Å². The maximum absolute atomic E-state index is 13.0. The van der Waals surface area contributed by atoms with Gasteiger partial charge in [-0.2, -0.15) is 0 Å². The summed E-state index contributed by atoms with van der Waals surface area (Å²) in [6, 6.07) is 13.9. The smallest absolute Gasteiger partial charge is 0.123 e. The molecule has 3 rings (SSSR count). The lowest BCUT2D eigenvalue weighted by Gasteiger charge is -2.22. The lowest BCUT2D eigenvalue weighted by atomic mass is 10.1. The summed E-state index contributed by atoms with van der Waals surface area (Å²) in [4.78, 5) is 2.09. The second-order valence-electron chi connectivity index (χ2n) is 5.81. The second kappa shape index (κ2) is 5.86. The molecule has 0 radical (unpaired) electrons. The van der Waals surface area contributed by atoms with E-state index in [1.165, 1.54) is 36.1 Å². The SMILES string of the molecule is Cc1cc(CNC2CC2)ccc1N(C)c1ccc(F)cc1. The third kappa shape index (κ3) is 3.42. The number of nitrogens with zero attached hydrogens (tertiary/aromatic N) is 1. The largest absolute Gasteiger partial charge is 0.344 e. The Kier molecular flexibility index (Phi) is 3.93. The molecular weight excluding hydrogens is 263 g/mol. The fourth-order valence-corrected chi connectivity index (χ4v) is 2.56. The second-order valence-corrected chi connectivity index (χ2v) is 5.81. The number of rotatable bonds is 5. The summed E-state index contributed by atoms with van der Waals surface area (Å²) in [5, 5.41) is 3.53. The van der Waals surface area contributed by atoms with Crippen molar-refractivity contribution in [2.24, 2.45) is 0 Å². The summed E-state index contributed by atoms with van der Waals surface area (Å²) in [7, 11) is 2.01.